The second-order valence-electron chi connectivity index (χ2n) is 12.1. The zero-order valence-electron chi connectivity index (χ0n) is 26.8. The Bertz CT molecular complexity index is 2310. The van der Waals surface area contributed by atoms with E-state index in [1.54, 1.807) is 0 Å². The van der Waals surface area contributed by atoms with E-state index >= 15 is 0 Å². The molecule has 1 aliphatic heterocycles. The normalized spacial score (nSPS) is 12.9. The quantitative estimate of drug-likeness (QED) is 0.176. The summed E-state index contributed by atoms with van der Waals surface area (Å²) in [5.74, 6) is 1.30. The maximum Gasteiger partial charge on any atom is 0.162 e. The van der Waals surface area contributed by atoms with Crippen molar-refractivity contribution in [3.05, 3.63) is 193 Å². The Morgan fingerprint density at radius 2 is 0.740 bits per heavy atom. The second-order valence-corrected chi connectivity index (χ2v) is 13.2. The second kappa shape index (κ2) is 12.6. The van der Waals surface area contributed by atoms with E-state index in [4.69, 9.17) is 0 Å². The fourth-order valence-corrected chi connectivity index (χ4v) is 8.29. The Hall–Kier alpha value is -6.31. The van der Waals surface area contributed by atoms with E-state index in [1.165, 1.54) is 57.4 Å². The first-order chi connectivity index (χ1) is 24.8. The minimum atomic E-state index is -0.595. The molecule has 6 nitrogen and oxygen atoms in total. The fraction of sp³-hybridized carbons (Fsp3) is 0.0233. The molecular formula is C43H28N6S. The molecule has 7 heteroatoms. The molecular weight excluding hydrogens is 633 g/mol. The molecule has 236 valence electrons. The molecule has 2 aromatic heterocycles. The van der Waals surface area contributed by atoms with Crippen LogP contribution < -0.4 is 0 Å². The Labute approximate surface area is 294 Å². The molecule has 0 aliphatic carbocycles. The standard InChI is InChI=1S/C43H28N6S/c1-3-19-39-37(17-1)43(38-18-2-4-20-40(38)50-39,35-15-7-11-31(23-35)29-9-5-13-33(21-29)41-46-25-44-26-47-41)36-16-8-12-32(24-36)30-10-6-14-34(22-30)42-48-27-45-28-49-42/h1-28H. The van der Waals surface area contributed by atoms with E-state index in [0.717, 1.165) is 33.4 Å². The van der Waals surface area contributed by atoms with Crippen LogP contribution in [0.5, 0.6) is 0 Å². The molecule has 9 rings (SSSR count). The first-order valence-electron chi connectivity index (χ1n) is 16.3. The zero-order valence-corrected chi connectivity index (χ0v) is 27.6. The third-order valence-corrected chi connectivity index (χ3v) is 10.4. The van der Waals surface area contributed by atoms with Gasteiger partial charge in [0, 0.05) is 20.9 Å². The van der Waals surface area contributed by atoms with Crippen molar-refractivity contribution in [3.63, 3.8) is 0 Å². The molecule has 3 heterocycles. The van der Waals surface area contributed by atoms with E-state index in [1.807, 2.05) is 23.9 Å². The highest BCUT2D eigenvalue weighted by atomic mass is 32.2. The third-order valence-electron chi connectivity index (χ3n) is 9.29. The molecule has 8 aromatic rings. The van der Waals surface area contributed by atoms with Gasteiger partial charge in [0.2, 0.25) is 0 Å². The molecule has 0 saturated heterocycles. The van der Waals surface area contributed by atoms with Gasteiger partial charge >= 0.3 is 0 Å². The predicted octanol–water partition coefficient (Wildman–Crippen LogP) is 9.57. The molecule has 6 aromatic carbocycles. The first-order valence-corrected chi connectivity index (χ1v) is 17.1. The van der Waals surface area contributed by atoms with Gasteiger partial charge in [-0.15, -0.1) is 0 Å². The van der Waals surface area contributed by atoms with Gasteiger partial charge < -0.3 is 0 Å². The van der Waals surface area contributed by atoms with Gasteiger partial charge in [0.1, 0.15) is 25.3 Å². The van der Waals surface area contributed by atoms with Gasteiger partial charge in [0.05, 0.1) is 5.41 Å². The van der Waals surface area contributed by atoms with E-state index in [9.17, 15) is 0 Å². The van der Waals surface area contributed by atoms with E-state index < -0.39 is 5.41 Å². The number of hydrogen-bond acceptors (Lipinski definition) is 7. The Morgan fingerprint density at radius 1 is 0.360 bits per heavy atom. The number of benzene rings is 6. The summed E-state index contributed by atoms with van der Waals surface area (Å²) >= 11 is 1.84. The molecule has 0 fully saturated rings. The molecule has 0 unspecified atom stereocenters. The highest BCUT2D eigenvalue weighted by Gasteiger charge is 2.44. The van der Waals surface area contributed by atoms with Gasteiger partial charge in [0.15, 0.2) is 11.6 Å². The average Bonchev–Trinajstić information content (AvgIpc) is 3.21. The topological polar surface area (TPSA) is 77.3 Å². The lowest BCUT2D eigenvalue weighted by atomic mass is 9.64. The zero-order chi connectivity index (χ0) is 33.3. The van der Waals surface area contributed by atoms with Crippen molar-refractivity contribution in [2.75, 3.05) is 0 Å². The van der Waals surface area contributed by atoms with Crippen molar-refractivity contribution in [1.82, 2.24) is 29.9 Å². The third kappa shape index (κ3) is 5.16. The minimum absolute atomic E-state index is 0.595. The van der Waals surface area contributed by atoms with Crippen LogP contribution in [0.3, 0.4) is 0 Å². The molecule has 0 spiro atoms. The Kier molecular flexibility index (Phi) is 7.52. The number of fused-ring (bicyclic) bond motifs is 2. The molecule has 50 heavy (non-hydrogen) atoms. The maximum absolute atomic E-state index is 4.40. The van der Waals surface area contributed by atoms with E-state index in [-0.39, 0.29) is 0 Å². The molecule has 0 atom stereocenters. The lowest BCUT2D eigenvalue weighted by Crippen LogP contribution is -2.34. The summed E-state index contributed by atoms with van der Waals surface area (Å²) < 4.78 is 0. The molecule has 0 saturated carbocycles. The van der Waals surface area contributed by atoms with Crippen LogP contribution in [0.2, 0.25) is 0 Å². The van der Waals surface area contributed by atoms with Crippen LogP contribution in [0.4, 0.5) is 0 Å². The van der Waals surface area contributed by atoms with Gasteiger partial charge in [-0.1, -0.05) is 121 Å². The highest BCUT2D eigenvalue weighted by Crippen LogP contribution is 2.56. The van der Waals surface area contributed by atoms with Crippen molar-refractivity contribution >= 4 is 11.8 Å². The summed E-state index contributed by atoms with van der Waals surface area (Å²) in [6, 6.07) is 52.4. The van der Waals surface area contributed by atoms with Crippen LogP contribution in [0.1, 0.15) is 22.3 Å². The molecule has 0 N–H and O–H groups in total. The summed E-state index contributed by atoms with van der Waals surface area (Å²) in [6.07, 6.45) is 6.14. The van der Waals surface area contributed by atoms with Gasteiger partial charge in [-0.3, -0.25) is 0 Å². The summed E-state index contributed by atoms with van der Waals surface area (Å²) in [7, 11) is 0. The van der Waals surface area contributed by atoms with E-state index in [0.29, 0.717) is 11.6 Å². The van der Waals surface area contributed by atoms with Crippen LogP contribution in [-0.4, -0.2) is 29.9 Å². The van der Waals surface area contributed by atoms with Crippen LogP contribution in [0.15, 0.2) is 181 Å². The van der Waals surface area contributed by atoms with Gasteiger partial charge in [-0.2, -0.15) is 0 Å². The molecule has 0 bridgehead atoms. The van der Waals surface area contributed by atoms with Crippen LogP contribution in [-0.2, 0) is 5.41 Å². The van der Waals surface area contributed by atoms with Crippen molar-refractivity contribution in [1.29, 1.82) is 0 Å². The van der Waals surface area contributed by atoms with Gasteiger partial charge in [0.25, 0.3) is 0 Å². The fourth-order valence-electron chi connectivity index (χ4n) is 7.10. The minimum Gasteiger partial charge on any atom is -0.225 e. The van der Waals surface area contributed by atoms with Crippen molar-refractivity contribution in [2.24, 2.45) is 0 Å². The molecule has 0 amide bonds. The molecule has 0 radical (unpaired) electrons. The lowest BCUT2D eigenvalue weighted by molar-refractivity contribution is 0.703. The Balaban J connectivity index is 1.26. The summed E-state index contributed by atoms with van der Waals surface area (Å²) in [4.78, 5) is 28.1. The SMILES string of the molecule is c1cc(-c2cccc(C3(c4cccc(-c5cccc(-c6ncncn6)c5)c4)c4ccccc4Sc4ccccc43)c2)cc(-c2ncncn2)c1. The first kappa shape index (κ1) is 29.8. The monoisotopic (exact) mass is 660 g/mol. The van der Waals surface area contributed by atoms with Crippen LogP contribution in [0.25, 0.3) is 45.0 Å². The highest BCUT2D eigenvalue weighted by molar-refractivity contribution is 7.99. The molecule has 1 aliphatic rings. The summed E-state index contributed by atoms with van der Waals surface area (Å²) in [6.45, 7) is 0. The van der Waals surface area contributed by atoms with Gasteiger partial charge in [-0.05, 0) is 80.9 Å². The number of nitrogens with zero attached hydrogens (tertiary/aromatic N) is 6. The predicted molar refractivity (Wildman–Crippen MR) is 197 cm³/mol. The van der Waals surface area contributed by atoms with Crippen LogP contribution >= 0.6 is 11.8 Å². The number of hydrogen-bond donors (Lipinski definition) is 0. The lowest BCUT2D eigenvalue weighted by Gasteiger charge is -2.42. The Morgan fingerprint density at radius 3 is 1.20 bits per heavy atom. The number of rotatable bonds is 6. The largest absolute Gasteiger partial charge is 0.225 e. The van der Waals surface area contributed by atoms with Crippen molar-refractivity contribution in [2.45, 2.75) is 15.2 Å². The van der Waals surface area contributed by atoms with E-state index in [2.05, 4.69) is 163 Å². The summed E-state index contributed by atoms with van der Waals surface area (Å²) in [5.41, 5.74) is 10.6. The van der Waals surface area contributed by atoms with Crippen molar-refractivity contribution < 1.29 is 0 Å². The number of aromatic nitrogens is 6. The van der Waals surface area contributed by atoms with Crippen molar-refractivity contribution in [3.8, 4) is 45.0 Å². The van der Waals surface area contributed by atoms with Gasteiger partial charge in [-0.25, -0.2) is 29.9 Å². The summed E-state index contributed by atoms with van der Waals surface area (Å²) in [5, 5.41) is 0. The smallest absolute Gasteiger partial charge is 0.162 e. The maximum atomic E-state index is 4.40. The average molecular weight is 661 g/mol. The van der Waals surface area contributed by atoms with Crippen LogP contribution in [0, 0.1) is 0 Å².